The number of anilines is 1. The van der Waals surface area contributed by atoms with Gasteiger partial charge in [0.1, 0.15) is 11.8 Å². The molecule has 3 aliphatic heterocycles. The zero-order valence-corrected chi connectivity index (χ0v) is 26.8. The first-order valence-electron chi connectivity index (χ1n) is 14.8. The van der Waals surface area contributed by atoms with Crippen molar-refractivity contribution in [3.63, 3.8) is 0 Å². The third-order valence-electron chi connectivity index (χ3n) is 8.45. The van der Waals surface area contributed by atoms with E-state index in [4.69, 9.17) is 14.2 Å². The lowest BCUT2D eigenvalue weighted by molar-refractivity contribution is -0.133. The Morgan fingerprint density at radius 2 is 1.62 bits per heavy atom. The lowest BCUT2D eigenvalue weighted by atomic mass is 9.83. The van der Waals surface area contributed by atoms with Gasteiger partial charge in [0.05, 0.1) is 43.0 Å². The van der Waals surface area contributed by atoms with Gasteiger partial charge in [-0.1, -0.05) is 29.2 Å². The van der Waals surface area contributed by atoms with Crippen molar-refractivity contribution in [3.8, 4) is 11.5 Å². The number of rotatable bonds is 8. The maximum Gasteiger partial charge on any atom is 0.338 e. The fourth-order valence-electron chi connectivity index (χ4n) is 6.25. The van der Waals surface area contributed by atoms with E-state index in [0.29, 0.717) is 51.3 Å². The van der Waals surface area contributed by atoms with Crippen LogP contribution in [0.2, 0.25) is 0 Å². The minimum atomic E-state index is -0.849. The van der Waals surface area contributed by atoms with Crippen LogP contribution in [0.1, 0.15) is 52.9 Å². The Morgan fingerprint density at radius 1 is 0.911 bits per heavy atom. The summed E-state index contributed by atoms with van der Waals surface area (Å²) in [5.41, 5.74) is 1.32. The van der Waals surface area contributed by atoms with Crippen molar-refractivity contribution in [2.24, 2.45) is 5.92 Å². The molecule has 0 spiro atoms. The van der Waals surface area contributed by atoms with E-state index in [1.165, 1.54) is 42.7 Å². The van der Waals surface area contributed by atoms with Crippen LogP contribution in [0.5, 0.6) is 11.5 Å². The molecule has 2 fully saturated rings. The SMILES string of the molecule is CCOC(=O)c1ccc(N2C(=O)[C@@H]3[C@H](c4ccc(OC)c(OC)c4)c4sc(=O)n(CC(=O)N5CCCCC5)c4S[C@@H]3C2=O)cc1. The number of imide groups is 1. The number of thioether (sulfide) groups is 1. The van der Waals surface area contributed by atoms with Crippen LogP contribution >= 0.6 is 23.1 Å². The molecule has 2 saturated heterocycles. The average molecular weight is 652 g/mol. The number of esters is 1. The van der Waals surface area contributed by atoms with Crippen molar-refractivity contribution in [3.05, 3.63) is 68.1 Å². The summed E-state index contributed by atoms with van der Waals surface area (Å²) in [7, 11) is 3.04. The highest BCUT2D eigenvalue weighted by molar-refractivity contribution is 8.00. The molecule has 3 amide bonds. The number of hydrogen-bond acceptors (Lipinski definition) is 10. The lowest BCUT2D eigenvalue weighted by Gasteiger charge is -2.31. The Bertz CT molecular complexity index is 1710. The van der Waals surface area contributed by atoms with Crippen LogP contribution in [0, 0.1) is 5.92 Å². The molecule has 3 aliphatic rings. The summed E-state index contributed by atoms with van der Waals surface area (Å²) in [5.74, 6) is -2.02. The van der Waals surface area contributed by atoms with Gasteiger partial charge in [-0.15, -0.1) is 0 Å². The molecule has 11 nitrogen and oxygen atoms in total. The Morgan fingerprint density at radius 3 is 2.29 bits per heavy atom. The van der Waals surface area contributed by atoms with Crippen LogP contribution in [0.3, 0.4) is 0 Å². The fourth-order valence-corrected chi connectivity index (χ4v) is 9.03. The second-order valence-electron chi connectivity index (χ2n) is 11.0. The standard InChI is InChI=1S/C32H33N3O8S2/c1-4-43-31(39)18-8-11-20(12-9-18)35-28(37)25-24(19-10-13-21(41-2)22(16-19)42-3)27-30(44-26(25)29(35)38)34(32(40)45-27)17-23(36)33-14-6-5-7-15-33/h8-13,16,24-26H,4-7,14-15,17H2,1-3H3/t24-,25+,26-/m0/s1. The zero-order chi connectivity index (χ0) is 31.8. The zero-order valence-electron chi connectivity index (χ0n) is 25.1. The van der Waals surface area contributed by atoms with Crippen LogP contribution in [0.4, 0.5) is 5.69 Å². The third-order valence-corrected chi connectivity index (χ3v) is 11.1. The average Bonchev–Trinajstić information content (AvgIpc) is 3.51. The molecule has 2 aromatic carbocycles. The Balaban J connectivity index is 1.42. The number of fused-ring (bicyclic) bond motifs is 2. The number of benzene rings is 2. The van der Waals surface area contributed by atoms with Gasteiger partial charge in [0.25, 0.3) is 0 Å². The van der Waals surface area contributed by atoms with Gasteiger partial charge >= 0.3 is 10.8 Å². The van der Waals surface area contributed by atoms with E-state index >= 15 is 0 Å². The summed E-state index contributed by atoms with van der Waals surface area (Å²) in [6, 6.07) is 11.5. The molecule has 0 unspecified atom stereocenters. The molecule has 1 aromatic heterocycles. The van der Waals surface area contributed by atoms with Crippen LogP contribution in [0.25, 0.3) is 0 Å². The van der Waals surface area contributed by atoms with Crippen molar-refractivity contribution in [1.29, 1.82) is 0 Å². The minimum absolute atomic E-state index is 0.130. The van der Waals surface area contributed by atoms with E-state index in [1.54, 1.807) is 36.1 Å². The van der Waals surface area contributed by atoms with Crippen LogP contribution in [-0.2, 0) is 25.7 Å². The number of likely N-dealkylation sites (tertiary alicyclic amines) is 1. The maximum absolute atomic E-state index is 14.2. The van der Waals surface area contributed by atoms with Crippen molar-refractivity contribution >= 4 is 52.5 Å². The van der Waals surface area contributed by atoms with Gasteiger partial charge in [0, 0.05) is 23.9 Å². The number of thiazole rings is 1. The van der Waals surface area contributed by atoms with Crippen LogP contribution in [-0.4, -0.2) is 72.3 Å². The predicted octanol–water partition coefficient (Wildman–Crippen LogP) is 3.91. The molecule has 0 radical (unpaired) electrons. The maximum atomic E-state index is 14.2. The Kier molecular flexibility index (Phi) is 8.74. The first-order chi connectivity index (χ1) is 21.8. The number of piperidine rings is 1. The molecule has 3 atom stereocenters. The number of aromatic nitrogens is 1. The van der Waals surface area contributed by atoms with Crippen LogP contribution in [0.15, 0.2) is 52.3 Å². The van der Waals surface area contributed by atoms with Gasteiger partial charge < -0.3 is 19.1 Å². The normalized spacial score (nSPS) is 20.9. The quantitative estimate of drug-likeness (QED) is 0.263. The van der Waals surface area contributed by atoms with Crippen LogP contribution < -0.4 is 19.2 Å². The summed E-state index contributed by atoms with van der Waals surface area (Å²) >= 11 is 2.17. The summed E-state index contributed by atoms with van der Waals surface area (Å²) in [6.45, 7) is 3.12. The molecule has 13 heteroatoms. The molecule has 0 N–H and O–H groups in total. The van der Waals surface area contributed by atoms with Crippen molar-refractivity contribution < 1.29 is 33.4 Å². The highest BCUT2D eigenvalue weighted by atomic mass is 32.2. The molecule has 45 heavy (non-hydrogen) atoms. The first kappa shape index (κ1) is 30.9. The number of carbonyl (C=O) groups excluding carboxylic acids is 4. The van der Waals surface area contributed by atoms with Crippen molar-refractivity contribution in [1.82, 2.24) is 9.47 Å². The molecule has 0 saturated carbocycles. The van der Waals surface area contributed by atoms with E-state index in [-0.39, 0.29) is 23.9 Å². The highest BCUT2D eigenvalue weighted by Crippen LogP contribution is 2.54. The van der Waals surface area contributed by atoms with Gasteiger partial charge in [-0.3, -0.25) is 23.7 Å². The number of methoxy groups -OCH3 is 2. The molecule has 0 bridgehead atoms. The van der Waals surface area contributed by atoms with E-state index in [0.717, 1.165) is 35.5 Å². The summed E-state index contributed by atoms with van der Waals surface area (Å²) < 4.78 is 17.5. The number of amides is 3. The van der Waals surface area contributed by atoms with Gasteiger partial charge in [-0.2, -0.15) is 0 Å². The molecule has 236 valence electrons. The van der Waals surface area contributed by atoms with Gasteiger partial charge in [-0.25, -0.2) is 9.69 Å². The van der Waals surface area contributed by atoms with Crippen molar-refractivity contribution in [2.45, 2.75) is 48.9 Å². The molecular formula is C32H33N3O8S2. The van der Waals surface area contributed by atoms with E-state index < -0.39 is 34.9 Å². The summed E-state index contributed by atoms with van der Waals surface area (Å²) in [6.07, 6.45) is 2.92. The number of ether oxygens (including phenoxy) is 3. The van der Waals surface area contributed by atoms with E-state index in [9.17, 15) is 24.0 Å². The van der Waals surface area contributed by atoms with Gasteiger partial charge in [0.15, 0.2) is 11.5 Å². The number of nitrogens with zero attached hydrogens (tertiary/aromatic N) is 3. The fraction of sp³-hybridized carbons (Fsp3) is 0.406. The monoisotopic (exact) mass is 651 g/mol. The molecule has 4 heterocycles. The Hall–Kier alpha value is -4.10. The largest absolute Gasteiger partial charge is 0.493 e. The lowest BCUT2D eigenvalue weighted by Crippen LogP contribution is -2.39. The predicted molar refractivity (Wildman–Crippen MR) is 168 cm³/mol. The Labute approximate surface area is 268 Å². The third kappa shape index (κ3) is 5.52. The number of hydrogen-bond donors (Lipinski definition) is 0. The molecule has 6 rings (SSSR count). The second-order valence-corrected chi connectivity index (χ2v) is 13.1. The minimum Gasteiger partial charge on any atom is -0.493 e. The molecule has 3 aromatic rings. The topological polar surface area (TPSA) is 124 Å². The molecule has 0 aliphatic carbocycles. The summed E-state index contributed by atoms with van der Waals surface area (Å²) in [5, 5.41) is -0.324. The summed E-state index contributed by atoms with van der Waals surface area (Å²) in [4.78, 5) is 70.5. The second kappa shape index (κ2) is 12.7. The number of carbonyl (C=O) groups is 4. The van der Waals surface area contributed by atoms with E-state index in [1.807, 2.05) is 6.07 Å². The first-order valence-corrected chi connectivity index (χ1v) is 16.5. The smallest absolute Gasteiger partial charge is 0.338 e. The molecular weight excluding hydrogens is 618 g/mol. The van der Waals surface area contributed by atoms with Gasteiger partial charge in [0.2, 0.25) is 17.7 Å². The van der Waals surface area contributed by atoms with Gasteiger partial charge in [-0.05, 0) is 68.1 Å². The van der Waals surface area contributed by atoms with E-state index in [2.05, 4.69) is 0 Å². The highest BCUT2D eigenvalue weighted by Gasteiger charge is 2.57. The van der Waals surface area contributed by atoms with Crippen molar-refractivity contribution in [2.75, 3.05) is 38.8 Å².